The number of aromatic nitrogens is 2. The number of fused-ring (bicyclic) bond motifs is 1. The highest BCUT2D eigenvalue weighted by Gasteiger charge is 2.21. The lowest BCUT2D eigenvalue weighted by atomic mass is 10.1. The van der Waals surface area contributed by atoms with Gasteiger partial charge in [0.15, 0.2) is 0 Å². The normalized spacial score (nSPS) is 12.9. The van der Waals surface area contributed by atoms with E-state index in [1.54, 1.807) is 0 Å². The Labute approximate surface area is 114 Å². The quantitative estimate of drug-likeness (QED) is 0.793. The van der Waals surface area contributed by atoms with Gasteiger partial charge in [0.05, 0.1) is 10.6 Å². The van der Waals surface area contributed by atoms with Crippen molar-refractivity contribution >= 4 is 22.5 Å². The third-order valence-electron chi connectivity index (χ3n) is 3.03. The minimum absolute atomic E-state index is 0.546. The maximum atomic E-state index is 10.4. The standard InChI is InChI=1S/C14H14N2O2S/c1-2-5-10-14(19-16-15-10)13(17)12-8-9-6-3-4-7-11(9)18-12/h3-4,6-8,13,17H,2,5H2,1H3. The second-order valence-electron chi connectivity index (χ2n) is 4.42. The van der Waals surface area contributed by atoms with Gasteiger partial charge >= 0.3 is 0 Å². The van der Waals surface area contributed by atoms with E-state index in [1.807, 2.05) is 30.3 Å². The summed E-state index contributed by atoms with van der Waals surface area (Å²) in [5, 5.41) is 15.5. The molecule has 0 bridgehead atoms. The van der Waals surface area contributed by atoms with Crippen LogP contribution < -0.4 is 0 Å². The van der Waals surface area contributed by atoms with Crippen molar-refractivity contribution in [2.45, 2.75) is 25.9 Å². The number of para-hydroxylation sites is 1. The Morgan fingerprint density at radius 2 is 2.21 bits per heavy atom. The van der Waals surface area contributed by atoms with E-state index in [4.69, 9.17) is 4.42 Å². The maximum Gasteiger partial charge on any atom is 0.149 e. The first-order chi connectivity index (χ1) is 9.29. The van der Waals surface area contributed by atoms with E-state index in [0.717, 1.165) is 34.4 Å². The van der Waals surface area contributed by atoms with Gasteiger partial charge in [-0.3, -0.25) is 0 Å². The lowest BCUT2D eigenvalue weighted by Gasteiger charge is -2.05. The van der Waals surface area contributed by atoms with Crippen molar-refractivity contribution in [2.75, 3.05) is 0 Å². The van der Waals surface area contributed by atoms with Gasteiger partial charge in [0.1, 0.15) is 17.4 Å². The van der Waals surface area contributed by atoms with Gasteiger partial charge < -0.3 is 9.52 Å². The van der Waals surface area contributed by atoms with E-state index in [-0.39, 0.29) is 0 Å². The molecule has 2 aromatic heterocycles. The first-order valence-electron chi connectivity index (χ1n) is 6.27. The summed E-state index contributed by atoms with van der Waals surface area (Å²) in [6.45, 7) is 2.08. The van der Waals surface area contributed by atoms with Gasteiger partial charge in [0.25, 0.3) is 0 Å². The van der Waals surface area contributed by atoms with Gasteiger partial charge in [-0.05, 0) is 30.1 Å². The third kappa shape index (κ3) is 2.27. The number of hydrogen-bond donors (Lipinski definition) is 1. The molecule has 1 aromatic carbocycles. The number of aliphatic hydroxyl groups excluding tert-OH is 1. The lowest BCUT2D eigenvalue weighted by molar-refractivity contribution is 0.194. The number of hydrogen-bond acceptors (Lipinski definition) is 5. The summed E-state index contributed by atoms with van der Waals surface area (Å²) < 4.78 is 9.62. The van der Waals surface area contributed by atoms with Crippen LogP contribution in [-0.4, -0.2) is 14.7 Å². The Kier molecular flexibility index (Phi) is 3.31. The first kappa shape index (κ1) is 12.3. The summed E-state index contributed by atoms with van der Waals surface area (Å²) in [6, 6.07) is 9.59. The fourth-order valence-corrected chi connectivity index (χ4v) is 2.79. The molecule has 0 spiro atoms. The first-order valence-corrected chi connectivity index (χ1v) is 7.04. The van der Waals surface area contributed by atoms with Gasteiger partial charge in [-0.15, -0.1) is 5.10 Å². The monoisotopic (exact) mass is 274 g/mol. The maximum absolute atomic E-state index is 10.4. The molecule has 0 aliphatic carbocycles. The zero-order valence-corrected chi connectivity index (χ0v) is 11.4. The average Bonchev–Trinajstić information content (AvgIpc) is 3.04. The second kappa shape index (κ2) is 5.11. The predicted molar refractivity (Wildman–Crippen MR) is 74.2 cm³/mol. The van der Waals surface area contributed by atoms with E-state index in [1.165, 1.54) is 11.5 Å². The lowest BCUT2D eigenvalue weighted by Crippen LogP contribution is -2.00. The fourth-order valence-electron chi connectivity index (χ4n) is 2.10. The number of nitrogens with zero attached hydrogens (tertiary/aromatic N) is 2. The molecule has 1 atom stereocenters. The molecule has 0 saturated heterocycles. The van der Waals surface area contributed by atoms with Crippen LogP contribution in [-0.2, 0) is 6.42 Å². The van der Waals surface area contributed by atoms with Crippen LogP contribution in [0.2, 0.25) is 0 Å². The zero-order valence-electron chi connectivity index (χ0n) is 10.5. The molecule has 98 valence electrons. The molecule has 0 aliphatic rings. The minimum atomic E-state index is -0.783. The summed E-state index contributed by atoms with van der Waals surface area (Å²) >= 11 is 1.23. The molecule has 0 radical (unpaired) electrons. The topological polar surface area (TPSA) is 59.2 Å². The van der Waals surface area contributed by atoms with E-state index in [2.05, 4.69) is 16.5 Å². The highest BCUT2D eigenvalue weighted by Crippen LogP contribution is 2.31. The van der Waals surface area contributed by atoms with Gasteiger partial charge in [0, 0.05) is 5.39 Å². The van der Waals surface area contributed by atoms with Crippen LogP contribution in [0.4, 0.5) is 0 Å². The summed E-state index contributed by atoms with van der Waals surface area (Å²) in [4.78, 5) is 0.779. The van der Waals surface area contributed by atoms with Crippen LogP contribution in [0.3, 0.4) is 0 Å². The third-order valence-corrected chi connectivity index (χ3v) is 3.85. The molecule has 19 heavy (non-hydrogen) atoms. The predicted octanol–water partition coefficient (Wildman–Crippen LogP) is 3.32. The second-order valence-corrected chi connectivity index (χ2v) is 5.21. The summed E-state index contributed by atoms with van der Waals surface area (Å²) in [5.74, 6) is 0.546. The van der Waals surface area contributed by atoms with Crippen molar-refractivity contribution in [1.29, 1.82) is 0 Å². The number of rotatable bonds is 4. The Morgan fingerprint density at radius 3 is 3.00 bits per heavy atom. The van der Waals surface area contributed by atoms with Crippen LogP contribution in [0.25, 0.3) is 11.0 Å². The molecule has 0 aliphatic heterocycles. The molecule has 3 rings (SSSR count). The van der Waals surface area contributed by atoms with E-state index in [0.29, 0.717) is 5.76 Å². The SMILES string of the molecule is CCCc1nnsc1C(O)c1cc2ccccc2o1. The van der Waals surface area contributed by atoms with Gasteiger partial charge in [0.2, 0.25) is 0 Å². The van der Waals surface area contributed by atoms with Crippen molar-refractivity contribution < 1.29 is 9.52 Å². The van der Waals surface area contributed by atoms with Crippen molar-refractivity contribution in [3.63, 3.8) is 0 Å². The van der Waals surface area contributed by atoms with Crippen LogP contribution in [0.15, 0.2) is 34.7 Å². The molecular weight excluding hydrogens is 260 g/mol. The molecular formula is C14H14N2O2S. The number of aryl methyl sites for hydroxylation is 1. The summed E-state index contributed by atoms with van der Waals surface area (Å²) in [6.07, 6.45) is 1.02. The smallest absolute Gasteiger partial charge is 0.149 e. The van der Waals surface area contributed by atoms with Crippen LogP contribution >= 0.6 is 11.5 Å². The van der Waals surface area contributed by atoms with E-state index < -0.39 is 6.10 Å². The number of benzene rings is 1. The Morgan fingerprint density at radius 1 is 1.37 bits per heavy atom. The van der Waals surface area contributed by atoms with Crippen LogP contribution in [0.5, 0.6) is 0 Å². The fraction of sp³-hybridized carbons (Fsp3) is 0.286. The molecule has 5 heteroatoms. The molecule has 0 fully saturated rings. The number of aliphatic hydroxyl groups is 1. The number of furan rings is 1. The van der Waals surface area contributed by atoms with Gasteiger partial charge in [-0.25, -0.2) is 0 Å². The van der Waals surface area contributed by atoms with Gasteiger partial charge in [-0.2, -0.15) is 0 Å². The van der Waals surface area contributed by atoms with Crippen LogP contribution in [0.1, 0.15) is 35.8 Å². The summed E-state index contributed by atoms with van der Waals surface area (Å²) in [5.41, 5.74) is 1.64. The Hall–Kier alpha value is -1.72. The largest absolute Gasteiger partial charge is 0.458 e. The molecule has 3 aromatic rings. The van der Waals surface area contributed by atoms with E-state index >= 15 is 0 Å². The summed E-state index contributed by atoms with van der Waals surface area (Å²) in [7, 11) is 0. The Balaban J connectivity index is 1.98. The van der Waals surface area contributed by atoms with Gasteiger partial charge in [-0.1, -0.05) is 36.0 Å². The highest BCUT2D eigenvalue weighted by molar-refractivity contribution is 7.05. The molecule has 4 nitrogen and oxygen atoms in total. The molecule has 0 amide bonds. The van der Waals surface area contributed by atoms with Crippen LogP contribution in [0, 0.1) is 0 Å². The molecule has 2 heterocycles. The molecule has 1 unspecified atom stereocenters. The minimum Gasteiger partial charge on any atom is -0.458 e. The zero-order chi connectivity index (χ0) is 13.2. The van der Waals surface area contributed by atoms with Crippen molar-refractivity contribution in [1.82, 2.24) is 9.59 Å². The molecule has 0 saturated carbocycles. The van der Waals surface area contributed by atoms with Crippen molar-refractivity contribution in [2.24, 2.45) is 0 Å². The molecule has 1 N–H and O–H groups in total. The van der Waals surface area contributed by atoms with Crippen molar-refractivity contribution in [3.05, 3.63) is 46.7 Å². The van der Waals surface area contributed by atoms with E-state index in [9.17, 15) is 5.11 Å². The highest BCUT2D eigenvalue weighted by atomic mass is 32.1. The Bertz CT molecular complexity index is 656. The van der Waals surface area contributed by atoms with Crippen molar-refractivity contribution in [3.8, 4) is 0 Å². The average molecular weight is 274 g/mol.